The van der Waals surface area contributed by atoms with Crippen LogP contribution in [0.2, 0.25) is 0 Å². The highest BCUT2D eigenvalue weighted by Crippen LogP contribution is 2.34. The van der Waals surface area contributed by atoms with E-state index in [1.807, 2.05) is 32.5 Å². The third kappa shape index (κ3) is 7.06. The SMILES string of the molecule is CC(C)Sc1ccccc1[C@H](CCC1OCCCO1)N[S@@+]([O-])C(C)(C)C. The molecule has 26 heavy (non-hydrogen) atoms. The van der Waals surface area contributed by atoms with Crippen molar-refractivity contribution in [1.82, 2.24) is 4.72 Å². The molecule has 1 saturated heterocycles. The molecule has 1 aromatic rings. The zero-order valence-electron chi connectivity index (χ0n) is 16.6. The maximum atomic E-state index is 12.8. The fourth-order valence-corrected chi connectivity index (χ4v) is 4.59. The van der Waals surface area contributed by atoms with Gasteiger partial charge in [0.25, 0.3) is 0 Å². The van der Waals surface area contributed by atoms with E-state index < -0.39 is 11.4 Å². The Hall–Kier alpha value is -0.240. The zero-order chi connectivity index (χ0) is 19.2. The second kappa shape index (κ2) is 10.3. The van der Waals surface area contributed by atoms with E-state index >= 15 is 0 Å². The van der Waals surface area contributed by atoms with Crippen molar-refractivity contribution in [2.75, 3.05) is 13.2 Å². The number of benzene rings is 1. The minimum atomic E-state index is -1.14. The first-order chi connectivity index (χ1) is 12.3. The second-order valence-electron chi connectivity index (χ2n) is 7.86. The Morgan fingerprint density at radius 1 is 1.23 bits per heavy atom. The van der Waals surface area contributed by atoms with Crippen LogP contribution in [0.5, 0.6) is 0 Å². The van der Waals surface area contributed by atoms with E-state index in [9.17, 15) is 4.55 Å². The van der Waals surface area contributed by atoms with E-state index in [1.165, 1.54) is 10.5 Å². The van der Waals surface area contributed by atoms with E-state index in [-0.39, 0.29) is 17.1 Å². The number of rotatable bonds is 8. The van der Waals surface area contributed by atoms with Gasteiger partial charge in [-0.1, -0.05) is 32.0 Å². The summed E-state index contributed by atoms with van der Waals surface area (Å²) < 4.78 is 27.2. The second-order valence-corrected chi connectivity index (χ2v) is 11.5. The molecule has 4 nitrogen and oxygen atoms in total. The highest BCUT2D eigenvalue weighted by Gasteiger charge is 2.31. The van der Waals surface area contributed by atoms with Crippen molar-refractivity contribution in [2.45, 2.75) is 81.1 Å². The molecule has 0 radical (unpaired) electrons. The monoisotopic (exact) mass is 399 g/mol. The van der Waals surface area contributed by atoms with Crippen LogP contribution in [0.3, 0.4) is 0 Å². The molecular weight excluding hydrogens is 366 g/mol. The summed E-state index contributed by atoms with van der Waals surface area (Å²) in [5, 5.41) is 0.495. The first kappa shape index (κ1) is 22.1. The van der Waals surface area contributed by atoms with Crippen molar-refractivity contribution in [1.29, 1.82) is 0 Å². The number of ether oxygens (including phenoxy) is 2. The molecule has 0 unspecified atom stereocenters. The first-order valence-corrected chi connectivity index (χ1v) is 11.5. The van der Waals surface area contributed by atoms with Gasteiger partial charge in [-0.15, -0.1) is 16.5 Å². The van der Waals surface area contributed by atoms with Gasteiger partial charge in [0.2, 0.25) is 0 Å². The highest BCUT2D eigenvalue weighted by molar-refractivity contribution is 8.00. The number of hydrogen-bond acceptors (Lipinski definition) is 5. The van der Waals surface area contributed by atoms with Gasteiger partial charge in [-0.3, -0.25) is 0 Å². The number of hydrogen-bond donors (Lipinski definition) is 1. The van der Waals surface area contributed by atoms with Crippen molar-refractivity contribution < 1.29 is 14.0 Å². The largest absolute Gasteiger partial charge is 0.598 e. The summed E-state index contributed by atoms with van der Waals surface area (Å²) in [7, 11) is 0. The molecule has 1 aliphatic rings. The number of thioether (sulfide) groups is 1. The average Bonchev–Trinajstić information content (AvgIpc) is 2.58. The van der Waals surface area contributed by atoms with Crippen LogP contribution in [0.4, 0.5) is 0 Å². The lowest BCUT2D eigenvalue weighted by atomic mass is 10.0. The Labute approximate surface area is 166 Å². The van der Waals surface area contributed by atoms with Crippen LogP contribution < -0.4 is 4.72 Å². The Balaban J connectivity index is 2.16. The first-order valence-electron chi connectivity index (χ1n) is 9.44. The lowest BCUT2D eigenvalue weighted by Gasteiger charge is -2.30. The van der Waals surface area contributed by atoms with Crippen LogP contribution in [0, 0.1) is 0 Å². The van der Waals surface area contributed by atoms with Crippen LogP contribution >= 0.6 is 11.8 Å². The quantitative estimate of drug-likeness (QED) is 0.501. The highest BCUT2D eigenvalue weighted by atomic mass is 32.2. The Bertz CT molecular complexity index is 542. The molecule has 2 rings (SSSR count). The molecular formula is C20H33NO3S2. The van der Waals surface area contributed by atoms with E-state index in [0.717, 1.165) is 32.5 Å². The molecule has 0 aliphatic carbocycles. The molecule has 0 saturated carbocycles. The average molecular weight is 400 g/mol. The standard InChI is InChI=1S/C20H33NO3S2/c1-15(2)25-18-10-7-6-9-16(18)17(21-26(22)20(3,4)5)11-12-19-23-13-8-14-24-19/h6-7,9-10,15,17,19,21H,8,11-14H2,1-5H3/t17-,26-/m0/s1. The summed E-state index contributed by atoms with van der Waals surface area (Å²) in [5.41, 5.74) is 1.21. The van der Waals surface area contributed by atoms with Gasteiger partial charge >= 0.3 is 0 Å². The number of nitrogens with one attached hydrogen (secondary N) is 1. The maximum absolute atomic E-state index is 12.8. The topological polar surface area (TPSA) is 53.5 Å². The normalized spacial score (nSPS) is 18.9. The predicted molar refractivity (Wildman–Crippen MR) is 111 cm³/mol. The van der Waals surface area contributed by atoms with Gasteiger partial charge in [0.05, 0.1) is 19.3 Å². The molecule has 0 bridgehead atoms. The molecule has 1 aliphatic heterocycles. The van der Waals surface area contributed by atoms with E-state index in [4.69, 9.17) is 9.47 Å². The van der Waals surface area contributed by atoms with Crippen LogP contribution in [-0.4, -0.2) is 34.1 Å². The molecule has 1 fully saturated rings. The lowest BCUT2D eigenvalue weighted by molar-refractivity contribution is -0.182. The smallest absolute Gasteiger partial charge is 0.157 e. The van der Waals surface area contributed by atoms with E-state index in [1.54, 1.807) is 0 Å². The van der Waals surface area contributed by atoms with E-state index in [2.05, 4.69) is 42.8 Å². The Morgan fingerprint density at radius 2 is 1.88 bits per heavy atom. The third-order valence-corrected chi connectivity index (χ3v) is 6.76. The van der Waals surface area contributed by atoms with Crippen LogP contribution in [-0.2, 0) is 20.8 Å². The van der Waals surface area contributed by atoms with Gasteiger partial charge in [0, 0.05) is 27.9 Å². The van der Waals surface area contributed by atoms with E-state index in [0.29, 0.717) is 5.25 Å². The van der Waals surface area contributed by atoms with Gasteiger partial charge in [0.1, 0.15) is 4.75 Å². The van der Waals surface area contributed by atoms with Crippen molar-refractivity contribution >= 4 is 23.1 Å². The lowest BCUT2D eigenvalue weighted by Crippen LogP contribution is -2.41. The summed E-state index contributed by atoms with van der Waals surface area (Å²) in [6, 6.07) is 8.43. The molecule has 1 N–H and O–H groups in total. The van der Waals surface area contributed by atoms with Gasteiger partial charge in [0.15, 0.2) is 6.29 Å². The van der Waals surface area contributed by atoms with Gasteiger partial charge in [-0.05, 0) is 45.2 Å². The maximum Gasteiger partial charge on any atom is 0.157 e. The Morgan fingerprint density at radius 3 is 2.50 bits per heavy atom. The molecule has 148 valence electrons. The summed E-state index contributed by atoms with van der Waals surface area (Å²) in [5.74, 6) is 0. The predicted octanol–water partition coefficient (Wildman–Crippen LogP) is 4.82. The van der Waals surface area contributed by atoms with Crippen molar-refractivity contribution in [2.24, 2.45) is 0 Å². The molecule has 0 spiro atoms. The van der Waals surface area contributed by atoms with Crippen molar-refractivity contribution in [3.8, 4) is 0 Å². The molecule has 1 aromatic carbocycles. The minimum absolute atomic E-state index is 0.00614. The summed E-state index contributed by atoms with van der Waals surface area (Å²) in [6.07, 6.45) is 2.42. The Kier molecular flexibility index (Phi) is 8.77. The zero-order valence-corrected chi connectivity index (χ0v) is 18.3. The van der Waals surface area contributed by atoms with Gasteiger partial charge in [-0.2, -0.15) is 0 Å². The van der Waals surface area contributed by atoms with Crippen LogP contribution in [0.25, 0.3) is 0 Å². The summed E-state index contributed by atoms with van der Waals surface area (Å²) in [6.45, 7) is 11.9. The molecule has 1 heterocycles. The molecule has 0 amide bonds. The van der Waals surface area contributed by atoms with Crippen molar-refractivity contribution in [3.63, 3.8) is 0 Å². The minimum Gasteiger partial charge on any atom is -0.598 e. The summed E-state index contributed by atoms with van der Waals surface area (Å²) >= 11 is 0.712. The van der Waals surface area contributed by atoms with Crippen molar-refractivity contribution in [3.05, 3.63) is 29.8 Å². The molecule has 0 aromatic heterocycles. The third-order valence-electron chi connectivity index (χ3n) is 4.05. The molecule has 2 atom stereocenters. The molecule has 6 heteroatoms. The van der Waals surface area contributed by atoms with Gasteiger partial charge in [-0.25, -0.2) is 0 Å². The van der Waals surface area contributed by atoms with Gasteiger partial charge < -0.3 is 14.0 Å². The summed E-state index contributed by atoms with van der Waals surface area (Å²) in [4.78, 5) is 1.25. The van der Waals surface area contributed by atoms with Crippen LogP contribution in [0.15, 0.2) is 29.2 Å². The fourth-order valence-electron chi connectivity index (χ4n) is 2.72. The fraction of sp³-hybridized carbons (Fsp3) is 0.700. The van der Waals surface area contributed by atoms with Crippen LogP contribution in [0.1, 0.15) is 65.5 Å².